The van der Waals surface area contributed by atoms with Crippen LogP contribution in [-0.2, 0) is 28.8 Å². The molecule has 1 heterocycles. The first-order chi connectivity index (χ1) is 10.6. The van der Waals surface area contributed by atoms with Crippen molar-refractivity contribution in [3.05, 3.63) is 23.8 Å². The summed E-state index contributed by atoms with van der Waals surface area (Å²) in [6.45, 7) is 0.268. The summed E-state index contributed by atoms with van der Waals surface area (Å²) in [6, 6.07) is 0. The molecule has 0 saturated carbocycles. The molecule has 2 aliphatic rings. The van der Waals surface area contributed by atoms with Crippen LogP contribution in [0.4, 0.5) is 0 Å². The number of rotatable bonds is 7. The third-order valence-electron chi connectivity index (χ3n) is 3.27. The number of amides is 2. The standard InChI is InChI=1S/C15H17NO6/c17-12-5-6-13(18)16(12)22-15(20)8-7-14(19)21-10-9-11-3-1-2-4-11/h1-3H,4-10H2. The van der Waals surface area contributed by atoms with E-state index in [0.717, 1.165) is 6.42 Å². The number of hydroxylamine groups is 2. The summed E-state index contributed by atoms with van der Waals surface area (Å²) in [4.78, 5) is 50.1. The van der Waals surface area contributed by atoms with E-state index in [1.54, 1.807) is 0 Å². The van der Waals surface area contributed by atoms with Gasteiger partial charge in [0.1, 0.15) is 0 Å². The largest absolute Gasteiger partial charge is 0.465 e. The molecule has 0 bridgehead atoms. The monoisotopic (exact) mass is 307 g/mol. The van der Waals surface area contributed by atoms with Crippen molar-refractivity contribution in [1.82, 2.24) is 5.06 Å². The molecular weight excluding hydrogens is 290 g/mol. The molecule has 2 amide bonds. The van der Waals surface area contributed by atoms with Crippen LogP contribution in [-0.4, -0.2) is 35.4 Å². The number of allylic oxidation sites excluding steroid dienone is 3. The Bertz CT molecular complexity index is 532. The number of esters is 1. The molecule has 0 unspecified atom stereocenters. The summed E-state index contributed by atoms with van der Waals surface area (Å²) in [6.07, 6.45) is 7.20. The molecule has 1 aliphatic carbocycles. The molecule has 0 spiro atoms. The van der Waals surface area contributed by atoms with Crippen LogP contribution in [0.25, 0.3) is 0 Å². The molecule has 0 atom stereocenters. The van der Waals surface area contributed by atoms with Crippen molar-refractivity contribution in [3.8, 4) is 0 Å². The van der Waals surface area contributed by atoms with Crippen molar-refractivity contribution in [1.29, 1.82) is 0 Å². The highest BCUT2D eigenvalue weighted by Gasteiger charge is 2.32. The first-order valence-corrected chi connectivity index (χ1v) is 7.13. The molecule has 0 aromatic heterocycles. The zero-order chi connectivity index (χ0) is 15.9. The molecule has 1 fully saturated rings. The van der Waals surface area contributed by atoms with Crippen LogP contribution in [0.1, 0.15) is 38.5 Å². The average Bonchev–Trinajstić information content (AvgIpc) is 3.10. The molecule has 118 valence electrons. The summed E-state index contributed by atoms with van der Waals surface area (Å²) in [7, 11) is 0. The quantitative estimate of drug-likeness (QED) is 0.518. The Morgan fingerprint density at radius 3 is 2.41 bits per heavy atom. The number of ether oxygens (including phenoxy) is 1. The predicted octanol–water partition coefficient (Wildman–Crippen LogP) is 1.19. The van der Waals surface area contributed by atoms with Gasteiger partial charge >= 0.3 is 11.9 Å². The molecule has 7 nitrogen and oxygen atoms in total. The number of carbonyl (C=O) groups excluding carboxylic acids is 4. The van der Waals surface area contributed by atoms with Gasteiger partial charge in [0.05, 0.1) is 19.4 Å². The smallest absolute Gasteiger partial charge is 0.333 e. The fourth-order valence-electron chi connectivity index (χ4n) is 2.05. The second kappa shape index (κ2) is 7.53. The van der Waals surface area contributed by atoms with Gasteiger partial charge in [0.15, 0.2) is 0 Å². The number of nitrogens with zero attached hydrogens (tertiary/aromatic N) is 1. The lowest BCUT2D eigenvalue weighted by atomic mass is 10.2. The number of hydrogen-bond donors (Lipinski definition) is 0. The lowest BCUT2D eigenvalue weighted by Gasteiger charge is -2.12. The first kappa shape index (κ1) is 15.9. The van der Waals surface area contributed by atoms with E-state index in [0.29, 0.717) is 11.5 Å². The summed E-state index contributed by atoms with van der Waals surface area (Å²) < 4.78 is 5.00. The normalized spacial score (nSPS) is 16.9. The van der Waals surface area contributed by atoms with Crippen LogP contribution in [0.15, 0.2) is 23.8 Å². The summed E-state index contributed by atoms with van der Waals surface area (Å²) in [5.74, 6) is -2.40. The summed E-state index contributed by atoms with van der Waals surface area (Å²) in [5.41, 5.74) is 1.19. The minimum atomic E-state index is -0.803. The zero-order valence-electron chi connectivity index (χ0n) is 12.1. The van der Waals surface area contributed by atoms with Gasteiger partial charge in [-0.15, -0.1) is 5.06 Å². The van der Waals surface area contributed by atoms with Gasteiger partial charge in [-0.3, -0.25) is 14.4 Å². The van der Waals surface area contributed by atoms with E-state index in [1.165, 1.54) is 5.57 Å². The van der Waals surface area contributed by atoms with E-state index in [-0.39, 0.29) is 32.3 Å². The van der Waals surface area contributed by atoms with Crippen LogP contribution >= 0.6 is 0 Å². The van der Waals surface area contributed by atoms with Gasteiger partial charge in [-0.2, -0.15) is 0 Å². The van der Waals surface area contributed by atoms with Crippen molar-refractivity contribution in [2.45, 2.75) is 38.5 Å². The van der Waals surface area contributed by atoms with Gasteiger partial charge in [-0.05, 0) is 6.42 Å². The van der Waals surface area contributed by atoms with Gasteiger partial charge in [0.25, 0.3) is 11.8 Å². The number of hydrogen-bond acceptors (Lipinski definition) is 6. The van der Waals surface area contributed by atoms with E-state index in [4.69, 9.17) is 4.74 Å². The molecule has 0 aromatic carbocycles. The van der Waals surface area contributed by atoms with Crippen molar-refractivity contribution >= 4 is 23.8 Å². The maximum absolute atomic E-state index is 11.5. The third kappa shape index (κ3) is 4.54. The first-order valence-electron chi connectivity index (χ1n) is 7.13. The van der Waals surface area contributed by atoms with Crippen LogP contribution in [0.5, 0.6) is 0 Å². The van der Waals surface area contributed by atoms with Gasteiger partial charge in [0, 0.05) is 19.3 Å². The van der Waals surface area contributed by atoms with Crippen molar-refractivity contribution < 1.29 is 28.8 Å². The Hall–Kier alpha value is -2.44. The van der Waals surface area contributed by atoms with Gasteiger partial charge < -0.3 is 9.57 Å². The highest BCUT2D eigenvalue weighted by Crippen LogP contribution is 2.15. The predicted molar refractivity (Wildman–Crippen MR) is 73.8 cm³/mol. The van der Waals surface area contributed by atoms with Crippen LogP contribution < -0.4 is 0 Å². The van der Waals surface area contributed by atoms with Crippen molar-refractivity contribution in [2.24, 2.45) is 0 Å². The van der Waals surface area contributed by atoms with Crippen LogP contribution in [0.3, 0.4) is 0 Å². The molecular formula is C15H17NO6. The van der Waals surface area contributed by atoms with Crippen molar-refractivity contribution in [2.75, 3.05) is 6.61 Å². The average molecular weight is 307 g/mol. The maximum atomic E-state index is 11.5. The maximum Gasteiger partial charge on any atom is 0.333 e. The Kier molecular flexibility index (Phi) is 5.46. The molecule has 0 N–H and O–H groups in total. The highest BCUT2D eigenvalue weighted by molar-refractivity contribution is 6.01. The van der Waals surface area contributed by atoms with Gasteiger partial charge in [-0.1, -0.05) is 23.8 Å². The number of carbonyl (C=O) groups is 4. The molecule has 1 aliphatic heterocycles. The second-order valence-electron chi connectivity index (χ2n) is 4.97. The zero-order valence-corrected chi connectivity index (χ0v) is 12.1. The molecule has 1 saturated heterocycles. The number of imide groups is 1. The molecule has 22 heavy (non-hydrogen) atoms. The topological polar surface area (TPSA) is 90.0 Å². The van der Waals surface area contributed by atoms with E-state index in [1.807, 2.05) is 18.2 Å². The third-order valence-corrected chi connectivity index (χ3v) is 3.27. The minimum Gasteiger partial charge on any atom is -0.465 e. The van der Waals surface area contributed by atoms with Gasteiger partial charge in [-0.25, -0.2) is 4.79 Å². The van der Waals surface area contributed by atoms with Crippen LogP contribution in [0, 0.1) is 0 Å². The Morgan fingerprint density at radius 1 is 1.09 bits per heavy atom. The van der Waals surface area contributed by atoms with Crippen molar-refractivity contribution in [3.63, 3.8) is 0 Å². The summed E-state index contributed by atoms with van der Waals surface area (Å²) >= 11 is 0. The molecule has 0 aromatic rings. The lowest BCUT2D eigenvalue weighted by Crippen LogP contribution is -2.32. The van der Waals surface area contributed by atoms with E-state index in [2.05, 4.69) is 4.84 Å². The Labute approximate surface area is 127 Å². The van der Waals surface area contributed by atoms with E-state index in [9.17, 15) is 19.2 Å². The molecule has 7 heteroatoms. The van der Waals surface area contributed by atoms with Gasteiger partial charge in [0.2, 0.25) is 0 Å². The highest BCUT2D eigenvalue weighted by atomic mass is 16.7. The lowest BCUT2D eigenvalue weighted by molar-refractivity contribution is -0.197. The van der Waals surface area contributed by atoms with E-state index >= 15 is 0 Å². The Morgan fingerprint density at radius 2 is 1.77 bits per heavy atom. The fourth-order valence-corrected chi connectivity index (χ4v) is 2.05. The molecule has 2 rings (SSSR count). The second-order valence-corrected chi connectivity index (χ2v) is 4.97. The minimum absolute atomic E-state index is 0.0405. The summed E-state index contributed by atoms with van der Waals surface area (Å²) in [5, 5.41) is 0.466. The fraction of sp³-hybridized carbons (Fsp3) is 0.467. The van der Waals surface area contributed by atoms with Crippen LogP contribution in [0.2, 0.25) is 0 Å². The van der Waals surface area contributed by atoms with E-state index < -0.39 is 23.8 Å². The Balaban J connectivity index is 1.60. The molecule has 0 radical (unpaired) electrons. The SMILES string of the molecule is O=C(CCC(=O)ON1C(=O)CCC1=O)OCCC1=CC=CC1.